The molecule has 6 nitrogen and oxygen atoms in total. The predicted octanol–water partition coefficient (Wildman–Crippen LogP) is 7.38. The Morgan fingerprint density at radius 3 is 2.23 bits per heavy atom. The van der Waals surface area contributed by atoms with Crippen molar-refractivity contribution in [2.75, 3.05) is 13.1 Å². The molecule has 230 valence electrons. The number of fused-ring (bicyclic) bond motifs is 1. The molecule has 0 spiro atoms. The molecule has 1 N–H and O–H groups in total. The number of carbonyl (C=O) groups excluding carboxylic acids is 1. The molecule has 1 aliphatic rings. The van der Waals surface area contributed by atoms with Gasteiger partial charge in [-0.3, -0.25) is 9.78 Å². The van der Waals surface area contributed by atoms with Crippen molar-refractivity contribution in [2.45, 2.75) is 44.3 Å². The third-order valence-electron chi connectivity index (χ3n) is 7.64. The minimum Gasteiger partial charge on any atom is -0.478 e. The number of aromatic carboxylic acids is 1. The summed E-state index contributed by atoms with van der Waals surface area (Å²) in [6.45, 7) is 0.422. The van der Waals surface area contributed by atoms with Gasteiger partial charge >= 0.3 is 18.3 Å². The number of ether oxygens (including phenoxy) is 1. The van der Waals surface area contributed by atoms with Crippen molar-refractivity contribution in [1.29, 1.82) is 0 Å². The summed E-state index contributed by atoms with van der Waals surface area (Å²) >= 11 is 0. The number of likely N-dealkylation sites (tertiary alicyclic amines) is 1. The van der Waals surface area contributed by atoms with Gasteiger partial charge in [-0.2, -0.15) is 26.3 Å². The van der Waals surface area contributed by atoms with Gasteiger partial charge in [0.1, 0.15) is 0 Å². The highest BCUT2D eigenvalue weighted by Gasteiger charge is 2.41. The molecule has 1 aromatic heterocycles. The van der Waals surface area contributed by atoms with Gasteiger partial charge < -0.3 is 14.7 Å². The van der Waals surface area contributed by atoms with E-state index in [-0.39, 0.29) is 43.0 Å². The molecule has 1 aliphatic heterocycles. The molecule has 0 radical (unpaired) electrons. The molecule has 1 saturated heterocycles. The van der Waals surface area contributed by atoms with Crippen molar-refractivity contribution in [1.82, 2.24) is 9.88 Å². The number of piperidine rings is 1. The zero-order chi connectivity index (χ0) is 31.6. The number of hydrogen-bond donors (Lipinski definition) is 1. The Labute approximate surface area is 247 Å². The number of nitrogens with zero attached hydrogens (tertiary/aromatic N) is 2. The fraction of sp³-hybridized carbons (Fsp3) is 0.281. The lowest BCUT2D eigenvalue weighted by Gasteiger charge is -2.33. The van der Waals surface area contributed by atoms with Crippen molar-refractivity contribution in [2.24, 2.45) is 0 Å². The van der Waals surface area contributed by atoms with Gasteiger partial charge in [0, 0.05) is 30.2 Å². The lowest BCUT2D eigenvalue weighted by Crippen LogP contribution is -2.41. The van der Waals surface area contributed by atoms with E-state index in [1.165, 1.54) is 29.2 Å². The van der Waals surface area contributed by atoms with Gasteiger partial charge in [0.15, 0.2) is 0 Å². The highest BCUT2D eigenvalue weighted by Crippen LogP contribution is 2.40. The van der Waals surface area contributed by atoms with E-state index in [9.17, 15) is 35.9 Å². The summed E-state index contributed by atoms with van der Waals surface area (Å²) in [5.74, 6) is -2.20. The van der Waals surface area contributed by atoms with Gasteiger partial charge in [-0.25, -0.2) is 4.79 Å². The van der Waals surface area contributed by atoms with Gasteiger partial charge in [0.2, 0.25) is 0 Å². The summed E-state index contributed by atoms with van der Waals surface area (Å²) in [5, 5.41) is 10.0. The molecule has 0 atom stereocenters. The largest absolute Gasteiger partial charge is 0.478 e. The molecular weight excluding hydrogens is 590 g/mol. The van der Waals surface area contributed by atoms with Gasteiger partial charge in [0.25, 0.3) is 5.91 Å². The van der Waals surface area contributed by atoms with E-state index < -0.39 is 52.9 Å². The molecule has 44 heavy (non-hydrogen) atoms. The number of rotatable bonds is 7. The third-order valence-corrected chi connectivity index (χ3v) is 7.64. The van der Waals surface area contributed by atoms with Gasteiger partial charge in [-0.15, -0.1) is 0 Å². The maximum Gasteiger partial charge on any atom is 0.416 e. The number of carbonyl (C=O) groups is 2. The van der Waals surface area contributed by atoms with Crippen LogP contribution in [0, 0.1) is 0 Å². The molecule has 0 saturated carbocycles. The number of aromatic nitrogens is 1. The first-order valence-corrected chi connectivity index (χ1v) is 13.7. The van der Waals surface area contributed by atoms with Crippen molar-refractivity contribution in [3.63, 3.8) is 0 Å². The Balaban J connectivity index is 1.39. The number of hydrogen-bond acceptors (Lipinski definition) is 4. The molecule has 1 fully saturated rings. The zero-order valence-electron chi connectivity index (χ0n) is 23.1. The minimum absolute atomic E-state index is 0.0145. The average Bonchev–Trinajstić information content (AvgIpc) is 2.99. The Morgan fingerprint density at radius 2 is 1.59 bits per heavy atom. The van der Waals surface area contributed by atoms with Crippen LogP contribution in [0.4, 0.5) is 26.3 Å². The van der Waals surface area contributed by atoms with Crippen LogP contribution in [0.1, 0.15) is 61.4 Å². The molecule has 0 unspecified atom stereocenters. The van der Waals surface area contributed by atoms with Crippen LogP contribution >= 0.6 is 0 Å². The van der Waals surface area contributed by atoms with Gasteiger partial charge in [-0.1, -0.05) is 30.3 Å². The number of benzene rings is 3. The number of carboxylic acids is 1. The first-order chi connectivity index (χ1) is 20.8. The van der Waals surface area contributed by atoms with Crippen LogP contribution in [0.3, 0.4) is 0 Å². The standard InChI is InChI=1S/C32H26F6N2O4/c33-31(34,35)22-16-26(25(27(17-22)32(36,37)38)15-19-5-7-20(8-6-19)30(42)43)29(41)40-13-10-23(11-14-40)44-18-21-9-12-39-28-4-2-1-3-24(21)28/h1-9,12,16-17,23H,10-11,13-15,18H2,(H,42,43). The summed E-state index contributed by atoms with van der Waals surface area (Å²) in [4.78, 5) is 30.4. The van der Waals surface area contributed by atoms with Crippen LogP contribution in [0.2, 0.25) is 0 Å². The summed E-state index contributed by atoms with van der Waals surface area (Å²) < 4.78 is 89.7. The molecule has 5 rings (SSSR count). The fourth-order valence-electron chi connectivity index (χ4n) is 5.32. The predicted molar refractivity (Wildman–Crippen MR) is 148 cm³/mol. The van der Waals surface area contributed by atoms with Crippen LogP contribution in [0.5, 0.6) is 0 Å². The third kappa shape index (κ3) is 6.85. The summed E-state index contributed by atoms with van der Waals surface area (Å²) in [6.07, 6.45) is -8.78. The topological polar surface area (TPSA) is 79.7 Å². The number of alkyl halides is 6. The Kier molecular flexibility index (Phi) is 8.64. The van der Waals surface area contributed by atoms with Crippen LogP contribution < -0.4 is 0 Å². The maximum atomic E-state index is 14.2. The summed E-state index contributed by atoms with van der Waals surface area (Å²) in [6, 6.07) is 14.8. The van der Waals surface area contributed by atoms with E-state index in [4.69, 9.17) is 9.84 Å². The second-order valence-electron chi connectivity index (χ2n) is 10.5. The second kappa shape index (κ2) is 12.3. The fourth-order valence-corrected chi connectivity index (χ4v) is 5.32. The van der Waals surface area contributed by atoms with E-state index in [1.807, 2.05) is 30.3 Å². The van der Waals surface area contributed by atoms with Gasteiger partial charge in [0.05, 0.1) is 34.9 Å². The maximum absolute atomic E-state index is 14.2. The number of amides is 1. The van der Waals surface area contributed by atoms with Crippen molar-refractivity contribution in [3.8, 4) is 0 Å². The summed E-state index contributed by atoms with van der Waals surface area (Å²) in [7, 11) is 0. The Hall–Kier alpha value is -4.45. The van der Waals surface area contributed by atoms with Gasteiger partial charge in [-0.05, 0) is 72.4 Å². The van der Waals surface area contributed by atoms with E-state index >= 15 is 0 Å². The number of para-hydroxylation sites is 1. The highest BCUT2D eigenvalue weighted by molar-refractivity contribution is 5.96. The van der Waals surface area contributed by atoms with Crippen molar-refractivity contribution < 1.29 is 45.8 Å². The Morgan fingerprint density at radius 1 is 0.909 bits per heavy atom. The monoisotopic (exact) mass is 616 g/mol. The van der Waals surface area contributed by atoms with E-state index in [0.29, 0.717) is 18.9 Å². The van der Waals surface area contributed by atoms with Crippen molar-refractivity contribution >= 4 is 22.8 Å². The van der Waals surface area contributed by atoms with Crippen LogP contribution in [-0.4, -0.2) is 46.1 Å². The zero-order valence-corrected chi connectivity index (χ0v) is 23.1. The average molecular weight is 617 g/mol. The minimum atomic E-state index is -5.19. The number of carboxylic acid groups (broad SMARTS) is 1. The molecule has 3 aromatic carbocycles. The van der Waals surface area contributed by atoms with Crippen LogP contribution in [0.25, 0.3) is 10.9 Å². The molecular formula is C32H26F6N2O4. The molecule has 2 heterocycles. The van der Waals surface area contributed by atoms with E-state index in [2.05, 4.69) is 4.98 Å². The lowest BCUT2D eigenvalue weighted by atomic mass is 9.90. The molecule has 1 amide bonds. The molecule has 4 aromatic rings. The van der Waals surface area contributed by atoms with E-state index in [1.54, 1.807) is 6.20 Å². The SMILES string of the molecule is O=C(O)c1ccc(Cc2c(C(=O)N3CCC(OCc4ccnc5ccccc45)CC3)cc(C(F)(F)F)cc2C(F)(F)F)cc1. The van der Waals surface area contributed by atoms with Crippen LogP contribution in [-0.2, 0) is 30.1 Å². The smallest absolute Gasteiger partial charge is 0.416 e. The highest BCUT2D eigenvalue weighted by atomic mass is 19.4. The lowest BCUT2D eigenvalue weighted by molar-refractivity contribution is -0.143. The first-order valence-electron chi connectivity index (χ1n) is 13.7. The molecule has 12 heteroatoms. The van der Waals surface area contributed by atoms with E-state index in [0.717, 1.165) is 16.5 Å². The molecule has 0 bridgehead atoms. The number of pyridine rings is 1. The van der Waals surface area contributed by atoms with Crippen LogP contribution in [0.15, 0.2) is 72.9 Å². The molecule has 0 aliphatic carbocycles. The van der Waals surface area contributed by atoms with Crippen molar-refractivity contribution in [3.05, 3.63) is 112 Å². The quantitative estimate of drug-likeness (QED) is 0.219. The second-order valence-corrected chi connectivity index (χ2v) is 10.5. The first kappa shape index (κ1) is 31.0. The Bertz CT molecular complexity index is 1670. The normalized spacial score (nSPS) is 14.6. The number of halogens is 6. The summed E-state index contributed by atoms with van der Waals surface area (Å²) in [5.41, 5.74) is -2.65.